The van der Waals surface area contributed by atoms with Crippen LogP contribution in [0.2, 0.25) is 0 Å². The van der Waals surface area contributed by atoms with Crippen molar-refractivity contribution in [2.45, 2.75) is 20.4 Å². The van der Waals surface area contributed by atoms with Gasteiger partial charge in [-0.1, -0.05) is 6.92 Å². The molecule has 1 atom stereocenters. The van der Waals surface area contributed by atoms with Crippen molar-refractivity contribution >= 4 is 17.2 Å². The number of aryl methyl sites for hydroxylation is 1. The van der Waals surface area contributed by atoms with E-state index in [9.17, 15) is 4.79 Å². The van der Waals surface area contributed by atoms with Gasteiger partial charge in [0.25, 0.3) is 0 Å². The Labute approximate surface area is 99.5 Å². The summed E-state index contributed by atoms with van der Waals surface area (Å²) in [5, 5.41) is 6.17. The van der Waals surface area contributed by atoms with Gasteiger partial charge in [-0.3, -0.25) is 4.79 Å². The molecule has 5 heteroatoms. The molecular weight excluding hydrogens is 222 g/mol. The topological polar surface area (TPSA) is 54.0 Å². The molecule has 1 saturated heterocycles. The lowest BCUT2D eigenvalue weighted by Crippen LogP contribution is -2.49. The van der Waals surface area contributed by atoms with Crippen LogP contribution >= 0.6 is 11.3 Å². The highest BCUT2D eigenvalue weighted by molar-refractivity contribution is 7.09. The van der Waals surface area contributed by atoms with Crippen LogP contribution in [0.3, 0.4) is 0 Å². The fourth-order valence-electron chi connectivity index (χ4n) is 1.70. The first-order valence-corrected chi connectivity index (χ1v) is 6.44. The van der Waals surface area contributed by atoms with Crippen molar-refractivity contribution in [1.82, 2.24) is 15.6 Å². The number of thiazole rings is 1. The van der Waals surface area contributed by atoms with E-state index in [0.29, 0.717) is 12.5 Å². The van der Waals surface area contributed by atoms with E-state index in [1.54, 1.807) is 11.3 Å². The van der Waals surface area contributed by atoms with Crippen molar-refractivity contribution in [3.05, 3.63) is 16.1 Å². The van der Waals surface area contributed by atoms with Gasteiger partial charge in [0, 0.05) is 10.8 Å². The Hall–Kier alpha value is -0.940. The molecule has 4 nitrogen and oxygen atoms in total. The summed E-state index contributed by atoms with van der Waals surface area (Å²) in [7, 11) is 0. The highest BCUT2D eigenvalue weighted by Gasteiger charge is 2.28. The van der Waals surface area contributed by atoms with E-state index in [1.165, 1.54) is 0 Å². The van der Waals surface area contributed by atoms with Gasteiger partial charge in [0.05, 0.1) is 17.7 Å². The normalized spacial score (nSPS) is 17.9. The second kappa shape index (κ2) is 4.93. The highest BCUT2D eigenvalue weighted by Crippen LogP contribution is 2.17. The maximum Gasteiger partial charge on any atom is 0.223 e. The van der Waals surface area contributed by atoms with Gasteiger partial charge in [0.2, 0.25) is 5.91 Å². The minimum atomic E-state index is 0.106. The molecule has 0 radical (unpaired) electrons. The number of nitrogens with zero attached hydrogens (tertiary/aromatic N) is 1. The molecule has 1 unspecified atom stereocenters. The molecule has 0 spiro atoms. The van der Waals surface area contributed by atoms with Crippen LogP contribution in [0.25, 0.3) is 0 Å². The molecule has 2 rings (SSSR count). The SMILES string of the molecule is Cc1ncsc1CNC(=O)C(C)C1CNC1. The third-order valence-electron chi connectivity index (χ3n) is 3.20. The summed E-state index contributed by atoms with van der Waals surface area (Å²) in [6.45, 7) is 6.51. The number of rotatable bonds is 4. The third-order valence-corrected chi connectivity index (χ3v) is 4.14. The molecule has 16 heavy (non-hydrogen) atoms. The molecule has 0 saturated carbocycles. The van der Waals surface area contributed by atoms with Crippen molar-refractivity contribution in [1.29, 1.82) is 0 Å². The second-order valence-electron chi connectivity index (χ2n) is 4.29. The first-order valence-electron chi connectivity index (χ1n) is 5.56. The Balaban J connectivity index is 1.81. The van der Waals surface area contributed by atoms with Crippen molar-refractivity contribution in [2.75, 3.05) is 13.1 Å². The van der Waals surface area contributed by atoms with Gasteiger partial charge in [-0.25, -0.2) is 4.98 Å². The number of carbonyl (C=O) groups excluding carboxylic acids is 1. The van der Waals surface area contributed by atoms with Crippen LogP contribution in [0.4, 0.5) is 0 Å². The summed E-state index contributed by atoms with van der Waals surface area (Å²) < 4.78 is 0. The van der Waals surface area contributed by atoms with Gasteiger partial charge in [0.1, 0.15) is 0 Å². The van der Waals surface area contributed by atoms with Crippen LogP contribution in [0.15, 0.2) is 5.51 Å². The van der Waals surface area contributed by atoms with Crippen LogP contribution in [0.1, 0.15) is 17.5 Å². The van der Waals surface area contributed by atoms with Crippen LogP contribution in [-0.4, -0.2) is 24.0 Å². The van der Waals surface area contributed by atoms with E-state index < -0.39 is 0 Å². The number of amides is 1. The van der Waals surface area contributed by atoms with Gasteiger partial charge in [-0.15, -0.1) is 11.3 Å². The molecule has 2 N–H and O–H groups in total. The lowest BCUT2D eigenvalue weighted by atomic mass is 9.88. The molecule has 1 fully saturated rings. The smallest absolute Gasteiger partial charge is 0.223 e. The lowest BCUT2D eigenvalue weighted by Gasteiger charge is -2.31. The first-order chi connectivity index (χ1) is 7.68. The van der Waals surface area contributed by atoms with E-state index in [0.717, 1.165) is 23.7 Å². The quantitative estimate of drug-likeness (QED) is 0.821. The average molecular weight is 239 g/mol. The summed E-state index contributed by atoms with van der Waals surface area (Å²) in [4.78, 5) is 17.1. The zero-order valence-electron chi connectivity index (χ0n) is 9.62. The molecule has 1 amide bonds. The van der Waals surface area contributed by atoms with Gasteiger partial charge in [-0.05, 0) is 25.9 Å². The maximum absolute atomic E-state index is 11.8. The van der Waals surface area contributed by atoms with Crippen LogP contribution in [0.5, 0.6) is 0 Å². The molecule has 0 bridgehead atoms. The Kier molecular flexibility index (Phi) is 3.56. The summed E-state index contributed by atoms with van der Waals surface area (Å²) >= 11 is 1.59. The van der Waals surface area contributed by atoms with Gasteiger partial charge < -0.3 is 10.6 Å². The van der Waals surface area contributed by atoms with Gasteiger partial charge in [-0.2, -0.15) is 0 Å². The minimum absolute atomic E-state index is 0.106. The van der Waals surface area contributed by atoms with E-state index >= 15 is 0 Å². The second-order valence-corrected chi connectivity index (χ2v) is 5.23. The van der Waals surface area contributed by atoms with E-state index in [2.05, 4.69) is 15.6 Å². The fourth-order valence-corrected chi connectivity index (χ4v) is 2.42. The van der Waals surface area contributed by atoms with Crippen molar-refractivity contribution in [3.8, 4) is 0 Å². The first kappa shape index (κ1) is 11.5. The Morgan fingerprint density at radius 2 is 2.50 bits per heavy atom. The molecule has 1 aliphatic rings. The van der Waals surface area contributed by atoms with Crippen LogP contribution in [0, 0.1) is 18.8 Å². The zero-order valence-corrected chi connectivity index (χ0v) is 10.4. The van der Waals surface area contributed by atoms with E-state index in [4.69, 9.17) is 0 Å². The molecule has 1 aromatic heterocycles. The molecule has 0 aromatic carbocycles. The lowest BCUT2D eigenvalue weighted by molar-refractivity contribution is -0.126. The van der Waals surface area contributed by atoms with Gasteiger partial charge >= 0.3 is 0 Å². The fraction of sp³-hybridized carbons (Fsp3) is 0.636. The predicted octanol–water partition coefficient (Wildman–Crippen LogP) is 0.923. The number of aromatic nitrogens is 1. The minimum Gasteiger partial charge on any atom is -0.351 e. The van der Waals surface area contributed by atoms with Crippen molar-refractivity contribution in [2.24, 2.45) is 11.8 Å². The summed E-state index contributed by atoms with van der Waals surface area (Å²) in [6.07, 6.45) is 0. The highest BCUT2D eigenvalue weighted by atomic mass is 32.1. The molecule has 88 valence electrons. The Morgan fingerprint density at radius 3 is 3.00 bits per heavy atom. The van der Waals surface area contributed by atoms with Crippen molar-refractivity contribution in [3.63, 3.8) is 0 Å². The molecule has 1 aliphatic heterocycles. The number of nitrogens with one attached hydrogen (secondary N) is 2. The van der Waals surface area contributed by atoms with Crippen LogP contribution < -0.4 is 10.6 Å². The third kappa shape index (κ3) is 2.41. The molecule has 2 heterocycles. The van der Waals surface area contributed by atoms with E-state index in [-0.39, 0.29) is 11.8 Å². The standard InChI is InChI=1S/C11H17N3OS/c1-7(9-3-12-4-9)11(15)13-5-10-8(2)14-6-16-10/h6-7,9,12H,3-5H2,1-2H3,(H,13,15). The summed E-state index contributed by atoms with van der Waals surface area (Å²) in [5.41, 5.74) is 2.83. The van der Waals surface area contributed by atoms with E-state index in [1.807, 2.05) is 19.4 Å². The maximum atomic E-state index is 11.8. The monoisotopic (exact) mass is 239 g/mol. The summed E-state index contributed by atoms with van der Waals surface area (Å²) in [5.74, 6) is 0.760. The Morgan fingerprint density at radius 1 is 1.75 bits per heavy atom. The number of carbonyl (C=O) groups is 1. The number of hydrogen-bond acceptors (Lipinski definition) is 4. The largest absolute Gasteiger partial charge is 0.351 e. The zero-order chi connectivity index (χ0) is 11.5. The molecular formula is C11H17N3OS. The predicted molar refractivity (Wildman–Crippen MR) is 64.2 cm³/mol. The van der Waals surface area contributed by atoms with Crippen molar-refractivity contribution < 1.29 is 4.79 Å². The Bertz CT molecular complexity index is 373. The molecule has 1 aromatic rings. The summed E-state index contributed by atoms with van der Waals surface area (Å²) in [6, 6.07) is 0. The number of hydrogen-bond donors (Lipinski definition) is 2. The average Bonchev–Trinajstić information content (AvgIpc) is 2.57. The van der Waals surface area contributed by atoms with Crippen LogP contribution in [-0.2, 0) is 11.3 Å². The molecule has 0 aliphatic carbocycles. The van der Waals surface area contributed by atoms with Gasteiger partial charge in [0.15, 0.2) is 0 Å².